The number of likely N-dealkylation sites (tertiary alicyclic amines) is 1. The van der Waals surface area contributed by atoms with Crippen LogP contribution in [0.15, 0.2) is 30.3 Å². The summed E-state index contributed by atoms with van der Waals surface area (Å²) in [5.74, 6) is 0. The normalized spacial score (nSPS) is 28.1. The van der Waals surface area contributed by atoms with Crippen molar-refractivity contribution in [3.05, 3.63) is 35.9 Å². The second kappa shape index (κ2) is 8.25. The molecule has 0 bridgehead atoms. The van der Waals surface area contributed by atoms with Crippen LogP contribution in [-0.2, 0) is 4.74 Å². The van der Waals surface area contributed by atoms with Gasteiger partial charge in [-0.1, -0.05) is 30.3 Å². The van der Waals surface area contributed by atoms with Gasteiger partial charge in [0.05, 0.1) is 19.3 Å². The summed E-state index contributed by atoms with van der Waals surface area (Å²) in [7, 11) is 2.24. The fourth-order valence-corrected chi connectivity index (χ4v) is 3.93. The van der Waals surface area contributed by atoms with Crippen molar-refractivity contribution in [1.82, 2.24) is 9.80 Å². The first-order valence-corrected chi connectivity index (χ1v) is 8.99. The Hall–Kier alpha value is -0.940. The lowest BCUT2D eigenvalue weighted by molar-refractivity contribution is -0.0282. The van der Waals surface area contributed by atoms with Gasteiger partial charge in [-0.3, -0.25) is 4.90 Å². The molecule has 128 valence electrons. The molecule has 0 saturated carbocycles. The van der Waals surface area contributed by atoms with Crippen LogP contribution in [0, 0.1) is 0 Å². The van der Waals surface area contributed by atoms with E-state index in [0.29, 0.717) is 6.04 Å². The van der Waals surface area contributed by atoms with E-state index in [1.165, 1.54) is 25.8 Å². The highest BCUT2D eigenvalue weighted by Crippen LogP contribution is 2.24. The average Bonchev–Trinajstić information content (AvgIpc) is 3.00. The fourth-order valence-electron chi connectivity index (χ4n) is 3.93. The molecule has 2 heterocycles. The summed E-state index contributed by atoms with van der Waals surface area (Å²) in [4.78, 5) is 5.02. The number of hydrogen-bond donors (Lipinski definition) is 1. The lowest BCUT2D eigenvalue weighted by Gasteiger charge is -2.37. The van der Waals surface area contributed by atoms with Crippen molar-refractivity contribution in [3.8, 4) is 0 Å². The smallest absolute Gasteiger partial charge is 0.0805 e. The molecule has 0 radical (unpaired) electrons. The SMILES string of the molecule is CN1CCCC1CCN1CCOCC1CC(O)c1ccccc1. The highest BCUT2D eigenvalue weighted by atomic mass is 16.5. The molecule has 3 rings (SSSR count). The van der Waals surface area contributed by atoms with Crippen molar-refractivity contribution in [2.45, 2.75) is 43.9 Å². The lowest BCUT2D eigenvalue weighted by Crippen LogP contribution is -2.47. The molecule has 2 saturated heterocycles. The second-order valence-corrected chi connectivity index (χ2v) is 6.99. The van der Waals surface area contributed by atoms with Gasteiger partial charge in [-0.15, -0.1) is 0 Å². The van der Waals surface area contributed by atoms with Crippen molar-refractivity contribution >= 4 is 0 Å². The fraction of sp³-hybridized carbons (Fsp3) is 0.684. The Morgan fingerprint density at radius 1 is 1.22 bits per heavy atom. The minimum absolute atomic E-state index is 0.325. The van der Waals surface area contributed by atoms with E-state index in [1.807, 2.05) is 30.3 Å². The molecule has 23 heavy (non-hydrogen) atoms. The van der Waals surface area contributed by atoms with Crippen LogP contribution in [0.3, 0.4) is 0 Å². The van der Waals surface area contributed by atoms with E-state index >= 15 is 0 Å². The van der Waals surface area contributed by atoms with Crippen LogP contribution in [0.5, 0.6) is 0 Å². The van der Waals surface area contributed by atoms with Crippen LogP contribution >= 0.6 is 0 Å². The van der Waals surface area contributed by atoms with E-state index in [9.17, 15) is 5.11 Å². The van der Waals surface area contributed by atoms with Crippen molar-refractivity contribution in [3.63, 3.8) is 0 Å². The number of hydrogen-bond acceptors (Lipinski definition) is 4. The third-order valence-corrected chi connectivity index (χ3v) is 5.45. The van der Waals surface area contributed by atoms with E-state index in [4.69, 9.17) is 4.74 Å². The van der Waals surface area contributed by atoms with Gasteiger partial charge in [-0.25, -0.2) is 0 Å². The Morgan fingerprint density at radius 3 is 2.78 bits per heavy atom. The molecule has 0 aromatic heterocycles. The predicted octanol–water partition coefficient (Wildman–Crippen LogP) is 2.30. The molecule has 2 fully saturated rings. The summed E-state index contributed by atoms with van der Waals surface area (Å²) in [5.41, 5.74) is 1.01. The molecule has 0 amide bonds. The maximum atomic E-state index is 10.5. The van der Waals surface area contributed by atoms with Gasteiger partial charge in [0.25, 0.3) is 0 Å². The van der Waals surface area contributed by atoms with Crippen LogP contribution < -0.4 is 0 Å². The number of rotatable bonds is 6. The van der Waals surface area contributed by atoms with Crippen LogP contribution in [0.4, 0.5) is 0 Å². The van der Waals surface area contributed by atoms with E-state index in [0.717, 1.165) is 44.3 Å². The molecule has 2 aliphatic heterocycles. The topological polar surface area (TPSA) is 35.9 Å². The van der Waals surface area contributed by atoms with Crippen LogP contribution in [0.1, 0.15) is 37.4 Å². The van der Waals surface area contributed by atoms with Crippen molar-refractivity contribution in [2.75, 3.05) is 39.9 Å². The Morgan fingerprint density at radius 2 is 2.04 bits per heavy atom. The monoisotopic (exact) mass is 318 g/mol. The number of morpholine rings is 1. The molecule has 3 atom stereocenters. The van der Waals surface area contributed by atoms with Gasteiger partial charge >= 0.3 is 0 Å². The van der Waals surface area contributed by atoms with Gasteiger partial charge in [-0.05, 0) is 44.8 Å². The molecule has 0 aliphatic carbocycles. The largest absolute Gasteiger partial charge is 0.388 e. The Bertz CT molecular complexity index is 468. The van der Waals surface area contributed by atoms with E-state index in [2.05, 4.69) is 16.8 Å². The number of nitrogens with zero attached hydrogens (tertiary/aromatic N) is 2. The van der Waals surface area contributed by atoms with Crippen LogP contribution in [0.25, 0.3) is 0 Å². The zero-order chi connectivity index (χ0) is 16.1. The standard InChI is InChI=1S/C19H30N2O2/c1-20-10-5-8-17(20)9-11-21-12-13-23-15-18(21)14-19(22)16-6-3-2-4-7-16/h2-4,6-7,17-19,22H,5,8-15H2,1H3. The zero-order valence-electron chi connectivity index (χ0n) is 14.2. The molecular formula is C19H30N2O2. The first-order valence-electron chi connectivity index (χ1n) is 8.99. The third kappa shape index (κ3) is 4.54. The number of aliphatic hydroxyl groups excluding tert-OH is 1. The molecule has 1 aromatic rings. The number of benzene rings is 1. The van der Waals surface area contributed by atoms with Gasteiger partial charge in [0.15, 0.2) is 0 Å². The number of aliphatic hydroxyl groups is 1. The molecule has 4 heteroatoms. The van der Waals surface area contributed by atoms with Gasteiger partial charge in [0.1, 0.15) is 0 Å². The lowest BCUT2D eigenvalue weighted by atomic mass is 10.00. The number of ether oxygens (including phenoxy) is 1. The Balaban J connectivity index is 1.53. The molecule has 1 N–H and O–H groups in total. The molecule has 4 nitrogen and oxygen atoms in total. The predicted molar refractivity (Wildman–Crippen MR) is 92.5 cm³/mol. The van der Waals surface area contributed by atoms with E-state index in [-0.39, 0.29) is 0 Å². The summed E-state index contributed by atoms with van der Waals surface area (Å²) in [6, 6.07) is 11.0. The maximum absolute atomic E-state index is 10.5. The van der Waals surface area contributed by atoms with Crippen LogP contribution in [0.2, 0.25) is 0 Å². The van der Waals surface area contributed by atoms with Gasteiger partial charge in [-0.2, -0.15) is 0 Å². The minimum atomic E-state index is -0.403. The molecule has 3 unspecified atom stereocenters. The first kappa shape index (κ1) is 16.9. The molecule has 1 aromatic carbocycles. The zero-order valence-corrected chi connectivity index (χ0v) is 14.2. The van der Waals surface area contributed by atoms with Crippen molar-refractivity contribution in [1.29, 1.82) is 0 Å². The summed E-state index contributed by atoms with van der Waals surface area (Å²) < 4.78 is 5.68. The van der Waals surface area contributed by atoms with E-state index < -0.39 is 6.10 Å². The first-order chi connectivity index (χ1) is 11.2. The molecule has 2 aliphatic rings. The third-order valence-electron chi connectivity index (χ3n) is 5.45. The highest BCUT2D eigenvalue weighted by Gasteiger charge is 2.28. The summed E-state index contributed by atoms with van der Waals surface area (Å²) >= 11 is 0. The molecular weight excluding hydrogens is 288 g/mol. The Kier molecular flexibility index (Phi) is 6.06. The van der Waals surface area contributed by atoms with Crippen molar-refractivity contribution < 1.29 is 9.84 Å². The molecule has 0 spiro atoms. The van der Waals surface area contributed by atoms with Gasteiger partial charge < -0.3 is 14.7 Å². The summed E-state index contributed by atoms with van der Waals surface area (Å²) in [6.45, 7) is 4.90. The quantitative estimate of drug-likeness (QED) is 0.873. The average molecular weight is 318 g/mol. The van der Waals surface area contributed by atoms with E-state index in [1.54, 1.807) is 0 Å². The Labute approximate surface area is 140 Å². The van der Waals surface area contributed by atoms with Gasteiger partial charge in [0.2, 0.25) is 0 Å². The second-order valence-electron chi connectivity index (χ2n) is 6.99. The van der Waals surface area contributed by atoms with Gasteiger partial charge in [0, 0.05) is 25.2 Å². The van der Waals surface area contributed by atoms with Crippen LogP contribution in [-0.4, -0.2) is 66.9 Å². The highest BCUT2D eigenvalue weighted by molar-refractivity contribution is 5.17. The minimum Gasteiger partial charge on any atom is -0.388 e. The summed E-state index contributed by atoms with van der Waals surface area (Å²) in [6.07, 6.45) is 4.25. The summed E-state index contributed by atoms with van der Waals surface area (Å²) in [5, 5.41) is 10.5. The van der Waals surface area contributed by atoms with Crippen molar-refractivity contribution in [2.24, 2.45) is 0 Å². The maximum Gasteiger partial charge on any atom is 0.0805 e.